The number of aromatic nitrogens is 1. The predicted octanol–water partition coefficient (Wildman–Crippen LogP) is 1.45. The number of halogens is 1. The normalized spacial score (nSPS) is 11.1. The highest BCUT2D eigenvalue weighted by Crippen LogP contribution is 2.19. The molecule has 1 aromatic heterocycles. The molecule has 0 aliphatic heterocycles. The van der Waals surface area contributed by atoms with Gasteiger partial charge in [0, 0.05) is 12.6 Å². The Morgan fingerprint density at radius 1 is 1.53 bits per heavy atom. The molecule has 2 N–H and O–H groups in total. The fourth-order valence-electron chi connectivity index (χ4n) is 1.09. The molecule has 0 saturated heterocycles. The zero-order valence-electron chi connectivity index (χ0n) is 8.76. The van der Waals surface area contributed by atoms with E-state index in [0.29, 0.717) is 10.3 Å². The number of pyridine rings is 1. The molecule has 0 atom stereocenters. The standard InChI is InChI=1S/C9H11BrN2O4S/c10-9-7(3-1-5-11-9)12-17(15,16)6-2-4-8(13)14/h1,3,5,12H,2,4,6H2,(H,13,14). The molecular formula is C9H11BrN2O4S. The van der Waals surface area contributed by atoms with Gasteiger partial charge in [0.25, 0.3) is 0 Å². The van der Waals surface area contributed by atoms with Gasteiger partial charge >= 0.3 is 5.97 Å². The molecule has 0 aliphatic carbocycles. The smallest absolute Gasteiger partial charge is 0.303 e. The second kappa shape index (κ2) is 5.97. The number of carboxylic acids is 1. The number of nitrogens with zero attached hydrogens (tertiary/aromatic N) is 1. The highest BCUT2D eigenvalue weighted by molar-refractivity contribution is 9.10. The number of sulfonamides is 1. The van der Waals surface area contributed by atoms with Crippen molar-refractivity contribution >= 4 is 37.6 Å². The first-order valence-corrected chi connectivity index (χ1v) is 7.18. The third-order valence-electron chi connectivity index (χ3n) is 1.83. The lowest BCUT2D eigenvalue weighted by Crippen LogP contribution is -2.17. The summed E-state index contributed by atoms with van der Waals surface area (Å²) < 4.78 is 25.9. The van der Waals surface area contributed by atoms with Crippen LogP contribution in [0.5, 0.6) is 0 Å². The van der Waals surface area contributed by atoms with Crippen LogP contribution in [-0.4, -0.2) is 30.2 Å². The molecule has 0 saturated carbocycles. The lowest BCUT2D eigenvalue weighted by Gasteiger charge is -2.08. The van der Waals surface area contributed by atoms with Gasteiger partial charge in [0.15, 0.2) is 0 Å². The summed E-state index contributed by atoms with van der Waals surface area (Å²) in [6, 6.07) is 3.16. The number of anilines is 1. The van der Waals surface area contributed by atoms with E-state index in [-0.39, 0.29) is 18.6 Å². The summed E-state index contributed by atoms with van der Waals surface area (Å²) in [5.74, 6) is -1.25. The first-order valence-electron chi connectivity index (χ1n) is 4.73. The highest BCUT2D eigenvalue weighted by atomic mass is 79.9. The molecule has 0 aromatic carbocycles. The zero-order chi connectivity index (χ0) is 12.9. The fourth-order valence-corrected chi connectivity index (χ4v) is 2.70. The summed E-state index contributed by atoms with van der Waals surface area (Å²) >= 11 is 3.11. The first-order chi connectivity index (χ1) is 7.91. The molecule has 0 bridgehead atoms. The van der Waals surface area contributed by atoms with Crippen LogP contribution in [0.25, 0.3) is 0 Å². The summed E-state index contributed by atoms with van der Waals surface area (Å²) in [4.78, 5) is 14.1. The van der Waals surface area contributed by atoms with Crippen LogP contribution in [-0.2, 0) is 14.8 Å². The molecule has 0 fully saturated rings. The quantitative estimate of drug-likeness (QED) is 0.773. The molecule has 1 heterocycles. The van der Waals surface area contributed by atoms with Crippen molar-refractivity contribution in [2.24, 2.45) is 0 Å². The van der Waals surface area contributed by atoms with Crippen molar-refractivity contribution in [3.8, 4) is 0 Å². The zero-order valence-corrected chi connectivity index (χ0v) is 11.2. The molecule has 1 rings (SSSR count). The van der Waals surface area contributed by atoms with Crippen LogP contribution >= 0.6 is 15.9 Å². The van der Waals surface area contributed by atoms with Gasteiger partial charge in [-0.1, -0.05) is 0 Å². The molecule has 0 spiro atoms. The van der Waals surface area contributed by atoms with Gasteiger partial charge in [-0.25, -0.2) is 13.4 Å². The van der Waals surface area contributed by atoms with E-state index in [1.54, 1.807) is 12.1 Å². The van der Waals surface area contributed by atoms with E-state index in [0.717, 1.165) is 0 Å². The maximum atomic E-state index is 11.6. The third kappa shape index (κ3) is 5.14. The van der Waals surface area contributed by atoms with Crippen molar-refractivity contribution in [3.63, 3.8) is 0 Å². The molecule has 8 heteroatoms. The molecule has 0 amide bonds. The summed E-state index contributed by atoms with van der Waals surface area (Å²) in [6.07, 6.45) is 1.42. The van der Waals surface area contributed by atoms with E-state index in [9.17, 15) is 13.2 Å². The first kappa shape index (κ1) is 13.9. The Balaban J connectivity index is 2.61. The monoisotopic (exact) mass is 322 g/mol. The van der Waals surface area contributed by atoms with Gasteiger partial charge in [-0.2, -0.15) is 0 Å². The molecule has 1 aromatic rings. The average molecular weight is 323 g/mol. The van der Waals surface area contributed by atoms with Gasteiger partial charge in [0.05, 0.1) is 11.4 Å². The van der Waals surface area contributed by atoms with E-state index < -0.39 is 16.0 Å². The van der Waals surface area contributed by atoms with Gasteiger partial charge in [0.2, 0.25) is 10.0 Å². The van der Waals surface area contributed by atoms with Crippen molar-refractivity contribution in [2.75, 3.05) is 10.5 Å². The van der Waals surface area contributed by atoms with Crippen LogP contribution in [0.4, 0.5) is 5.69 Å². The summed E-state index contributed by atoms with van der Waals surface area (Å²) in [5.41, 5.74) is 0.336. The van der Waals surface area contributed by atoms with Crippen LogP contribution in [0, 0.1) is 0 Å². The second-order valence-corrected chi connectivity index (χ2v) is 5.85. The minimum atomic E-state index is -3.54. The Labute approximate surface area is 107 Å². The lowest BCUT2D eigenvalue weighted by atomic mass is 10.3. The predicted molar refractivity (Wildman–Crippen MR) is 66.2 cm³/mol. The highest BCUT2D eigenvalue weighted by Gasteiger charge is 2.13. The summed E-state index contributed by atoms with van der Waals surface area (Å²) in [5, 5.41) is 8.41. The Morgan fingerprint density at radius 2 is 2.24 bits per heavy atom. The van der Waals surface area contributed by atoms with Crippen molar-refractivity contribution < 1.29 is 18.3 Å². The molecule has 17 heavy (non-hydrogen) atoms. The van der Waals surface area contributed by atoms with E-state index in [1.165, 1.54) is 6.20 Å². The van der Waals surface area contributed by atoms with Gasteiger partial charge in [-0.3, -0.25) is 9.52 Å². The number of aliphatic carboxylic acids is 1. The van der Waals surface area contributed by atoms with Gasteiger partial charge in [-0.15, -0.1) is 0 Å². The molecule has 6 nitrogen and oxygen atoms in total. The summed E-state index contributed by atoms with van der Waals surface area (Å²) in [6.45, 7) is 0. The number of hydrogen-bond acceptors (Lipinski definition) is 4. The minimum absolute atomic E-state index is 0.0720. The van der Waals surface area contributed by atoms with E-state index in [2.05, 4.69) is 25.6 Å². The fraction of sp³-hybridized carbons (Fsp3) is 0.333. The largest absolute Gasteiger partial charge is 0.481 e. The number of carbonyl (C=O) groups is 1. The third-order valence-corrected chi connectivity index (χ3v) is 3.82. The van der Waals surface area contributed by atoms with Crippen LogP contribution < -0.4 is 4.72 Å². The van der Waals surface area contributed by atoms with Crippen LogP contribution in [0.2, 0.25) is 0 Å². The molecule has 0 radical (unpaired) electrons. The molecule has 0 unspecified atom stereocenters. The maximum absolute atomic E-state index is 11.6. The molecule has 94 valence electrons. The van der Waals surface area contributed by atoms with Crippen molar-refractivity contribution in [1.29, 1.82) is 0 Å². The van der Waals surface area contributed by atoms with Crippen molar-refractivity contribution in [1.82, 2.24) is 4.98 Å². The van der Waals surface area contributed by atoms with Gasteiger partial charge < -0.3 is 5.11 Å². The van der Waals surface area contributed by atoms with Gasteiger partial charge in [-0.05, 0) is 34.5 Å². The lowest BCUT2D eigenvalue weighted by molar-refractivity contribution is -0.137. The van der Waals surface area contributed by atoms with E-state index in [1.807, 2.05) is 0 Å². The van der Waals surface area contributed by atoms with E-state index in [4.69, 9.17) is 5.11 Å². The van der Waals surface area contributed by atoms with E-state index >= 15 is 0 Å². The topological polar surface area (TPSA) is 96.4 Å². The van der Waals surface area contributed by atoms with Crippen LogP contribution in [0.1, 0.15) is 12.8 Å². The minimum Gasteiger partial charge on any atom is -0.481 e. The second-order valence-electron chi connectivity index (χ2n) is 3.26. The van der Waals surface area contributed by atoms with Crippen molar-refractivity contribution in [3.05, 3.63) is 22.9 Å². The van der Waals surface area contributed by atoms with Crippen molar-refractivity contribution in [2.45, 2.75) is 12.8 Å². The Bertz CT molecular complexity index is 503. The summed E-state index contributed by atoms with van der Waals surface area (Å²) in [7, 11) is -3.54. The SMILES string of the molecule is O=C(O)CCCS(=O)(=O)Nc1cccnc1Br. The van der Waals surface area contributed by atoms with Gasteiger partial charge in [0.1, 0.15) is 4.60 Å². The number of hydrogen-bond donors (Lipinski definition) is 2. The Hall–Kier alpha value is -1.15. The average Bonchev–Trinajstić information content (AvgIpc) is 2.20. The number of nitrogens with one attached hydrogen (secondary N) is 1. The van der Waals surface area contributed by atoms with Crippen LogP contribution in [0.3, 0.4) is 0 Å². The maximum Gasteiger partial charge on any atom is 0.303 e. The van der Waals surface area contributed by atoms with Crippen LogP contribution in [0.15, 0.2) is 22.9 Å². The Morgan fingerprint density at radius 3 is 2.82 bits per heavy atom. The Kier molecular flexibility index (Phi) is 4.88. The molecule has 0 aliphatic rings. The number of carboxylic acid groups (broad SMARTS) is 1. The molecular weight excluding hydrogens is 312 g/mol. The number of rotatable bonds is 6.